The third-order valence-corrected chi connectivity index (χ3v) is 5.24. The summed E-state index contributed by atoms with van der Waals surface area (Å²) in [6.45, 7) is 7.37. The van der Waals surface area contributed by atoms with Crippen LogP contribution in [-0.2, 0) is 13.0 Å². The zero-order valence-electron chi connectivity index (χ0n) is 10.9. The SMILES string of the molecule is CCn1ccnc1CC1(O)CSCCC1(C)C. The first-order valence-corrected chi connectivity index (χ1v) is 7.44. The highest BCUT2D eigenvalue weighted by Crippen LogP contribution is 2.43. The van der Waals surface area contributed by atoms with Gasteiger partial charge in [-0.2, -0.15) is 11.8 Å². The van der Waals surface area contributed by atoms with E-state index >= 15 is 0 Å². The van der Waals surface area contributed by atoms with Gasteiger partial charge in [0.05, 0.1) is 5.60 Å². The highest BCUT2D eigenvalue weighted by Gasteiger charge is 2.46. The van der Waals surface area contributed by atoms with E-state index < -0.39 is 5.60 Å². The molecule has 1 aliphatic heterocycles. The van der Waals surface area contributed by atoms with Crippen molar-refractivity contribution in [3.63, 3.8) is 0 Å². The second kappa shape index (κ2) is 4.65. The van der Waals surface area contributed by atoms with Crippen LogP contribution in [0.2, 0.25) is 0 Å². The van der Waals surface area contributed by atoms with E-state index in [0.717, 1.165) is 30.3 Å². The fraction of sp³-hybridized carbons (Fsp3) is 0.769. The lowest BCUT2D eigenvalue weighted by Crippen LogP contribution is -2.52. The van der Waals surface area contributed by atoms with Crippen molar-refractivity contribution in [3.8, 4) is 0 Å². The van der Waals surface area contributed by atoms with Crippen LogP contribution in [0.15, 0.2) is 12.4 Å². The van der Waals surface area contributed by atoms with E-state index in [1.165, 1.54) is 0 Å². The Labute approximate surface area is 108 Å². The van der Waals surface area contributed by atoms with Gasteiger partial charge in [-0.15, -0.1) is 0 Å². The molecule has 1 fully saturated rings. The summed E-state index contributed by atoms with van der Waals surface area (Å²) in [5.41, 5.74) is -0.656. The van der Waals surface area contributed by atoms with Gasteiger partial charge in [0.25, 0.3) is 0 Å². The van der Waals surface area contributed by atoms with E-state index in [0.29, 0.717) is 6.42 Å². The fourth-order valence-electron chi connectivity index (χ4n) is 2.34. The number of aromatic nitrogens is 2. The molecule has 1 aromatic rings. The van der Waals surface area contributed by atoms with Crippen molar-refractivity contribution in [1.82, 2.24) is 9.55 Å². The van der Waals surface area contributed by atoms with Crippen molar-refractivity contribution in [3.05, 3.63) is 18.2 Å². The van der Waals surface area contributed by atoms with E-state index in [9.17, 15) is 5.11 Å². The topological polar surface area (TPSA) is 38.0 Å². The van der Waals surface area contributed by atoms with Crippen LogP contribution in [0.25, 0.3) is 0 Å². The van der Waals surface area contributed by atoms with Crippen LogP contribution in [0, 0.1) is 5.41 Å². The Morgan fingerprint density at radius 1 is 1.53 bits per heavy atom. The van der Waals surface area contributed by atoms with Gasteiger partial charge in [-0.05, 0) is 24.5 Å². The molecule has 1 atom stereocenters. The lowest BCUT2D eigenvalue weighted by Gasteiger charge is -2.46. The van der Waals surface area contributed by atoms with E-state index in [-0.39, 0.29) is 5.41 Å². The molecular formula is C13H22N2OS. The molecule has 1 N–H and O–H groups in total. The number of hydrogen-bond acceptors (Lipinski definition) is 3. The molecule has 0 saturated carbocycles. The molecule has 2 rings (SSSR count). The third-order valence-electron chi connectivity index (χ3n) is 4.06. The van der Waals surface area contributed by atoms with Crippen LogP contribution in [0.5, 0.6) is 0 Å². The standard InChI is InChI=1S/C13H22N2OS/c1-4-15-7-6-14-11(15)9-13(16)10-17-8-5-12(13,2)3/h6-7,16H,4-5,8-10H2,1-3H3. The number of nitrogens with zero attached hydrogens (tertiary/aromatic N) is 2. The highest BCUT2D eigenvalue weighted by atomic mass is 32.2. The number of thioether (sulfide) groups is 1. The number of rotatable bonds is 3. The normalized spacial score (nSPS) is 28.2. The second-order valence-electron chi connectivity index (χ2n) is 5.52. The van der Waals surface area contributed by atoms with Gasteiger partial charge >= 0.3 is 0 Å². The fourth-order valence-corrected chi connectivity index (χ4v) is 3.97. The Morgan fingerprint density at radius 2 is 2.29 bits per heavy atom. The molecule has 2 heterocycles. The maximum absolute atomic E-state index is 10.9. The maximum atomic E-state index is 10.9. The summed E-state index contributed by atoms with van der Waals surface area (Å²) in [5.74, 6) is 2.97. The molecule has 1 aromatic heterocycles. The molecule has 1 aliphatic rings. The van der Waals surface area contributed by atoms with Crippen LogP contribution in [0.1, 0.15) is 33.0 Å². The van der Waals surface area contributed by atoms with Gasteiger partial charge in [-0.25, -0.2) is 4.98 Å². The average molecular weight is 254 g/mol. The molecule has 1 unspecified atom stereocenters. The van der Waals surface area contributed by atoms with E-state index in [1.54, 1.807) is 0 Å². The summed E-state index contributed by atoms with van der Waals surface area (Å²) >= 11 is 1.85. The van der Waals surface area contributed by atoms with Gasteiger partial charge in [0.15, 0.2) is 0 Å². The molecule has 4 heteroatoms. The van der Waals surface area contributed by atoms with Crippen molar-refractivity contribution in [2.75, 3.05) is 11.5 Å². The largest absolute Gasteiger partial charge is 0.388 e. The molecular weight excluding hydrogens is 232 g/mol. The summed E-state index contributed by atoms with van der Waals surface area (Å²) in [7, 11) is 0. The quantitative estimate of drug-likeness (QED) is 0.899. The first kappa shape index (κ1) is 13.0. The Bertz CT molecular complexity index is 389. The van der Waals surface area contributed by atoms with Crippen molar-refractivity contribution in [1.29, 1.82) is 0 Å². The number of imidazole rings is 1. The van der Waals surface area contributed by atoms with Gasteiger partial charge in [-0.1, -0.05) is 13.8 Å². The molecule has 0 aliphatic carbocycles. The Balaban J connectivity index is 2.21. The van der Waals surface area contributed by atoms with E-state index in [4.69, 9.17) is 0 Å². The van der Waals surface area contributed by atoms with Crippen LogP contribution < -0.4 is 0 Å². The summed E-state index contributed by atoms with van der Waals surface area (Å²) in [6, 6.07) is 0. The highest BCUT2D eigenvalue weighted by molar-refractivity contribution is 7.99. The molecule has 96 valence electrons. The summed E-state index contributed by atoms with van der Waals surface area (Å²) in [4.78, 5) is 4.39. The smallest absolute Gasteiger partial charge is 0.111 e. The molecule has 1 saturated heterocycles. The zero-order chi connectivity index (χ0) is 12.5. The van der Waals surface area contributed by atoms with Crippen LogP contribution in [-0.4, -0.2) is 31.8 Å². The van der Waals surface area contributed by atoms with E-state index in [1.807, 2.05) is 24.2 Å². The second-order valence-corrected chi connectivity index (χ2v) is 6.63. The molecule has 0 radical (unpaired) electrons. The zero-order valence-corrected chi connectivity index (χ0v) is 11.8. The van der Waals surface area contributed by atoms with Crippen molar-refractivity contribution < 1.29 is 5.11 Å². The molecule has 0 amide bonds. The lowest BCUT2D eigenvalue weighted by atomic mass is 9.71. The minimum absolute atomic E-state index is 0.0250. The molecule has 3 nitrogen and oxygen atoms in total. The van der Waals surface area contributed by atoms with E-state index in [2.05, 4.69) is 30.3 Å². The predicted molar refractivity (Wildman–Crippen MR) is 72.3 cm³/mol. The van der Waals surface area contributed by atoms with Crippen LogP contribution in [0.3, 0.4) is 0 Å². The number of aliphatic hydroxyl groups is 1. The predicted octanol–water partition coefficient (Wildman–Crippen LogP) is 2.34. The van der Waals surface area contributed by atoms with Gasteiger partial charge in [0, 0.05) is 31.1 Å². The third kappa shape index (κ3) is 2.38. The first-order valence-electron chi connectivity index (χ1n) is 6.29. The minimum atomic E-state index is -0.631. The maximum Gasteiger partial charge on any atom is 0.111 e. The van der Waals surface area contributed by atoms with Crippen molar-refractivity contribution in [2.24, 2.45) is 5.41 Å². The summed E-state index contributed by atoms with van der Waals surface area (Å²) in [6.07, 6.45) is 5.54. The van der Waals surface area contributed by atoms with Crippen LogP contribution >= 0.6 is 11.8 Å². The number of aryl methyl sites for hydroxylation is 1. The Kier molecular flexibility index (Phi) is 3.55. The van der Waals surface area contributed by atoms with Gasteiger partial charge < -0.3 is 9.67 Å². The van der Waals surface area contributed by atoms with Crippen LogP contribution in [0.4, 0.5) is 0 Å². The summed E-state index contributed by atoms with van der Waals surface area (Å²) < 4.78 is 2.12. The minimum Gasteiger partial charge on any atom is -0.388 e. The Morgan fingerprint density at radius 3 is 2.94 bits per heavy atom. The summed E-state index contributed by atoms with van der Waals surface area (Å²) in [5, 5.41) is 10.9. The molecule has 0 spiro atoms. The first-order chi connectivity index (χ1) is 7.98. The van der Waals surface area contributed by atoms with Crippen molar-refractivity contribution >= 4 is 11.8 Å². The monoisotopic (exact) mass is 254 g/mol. The number of hydrogen-bond donors (Lipinski definition) is 1. The lowest BCUT2D eigenvalue weighted by molar-refractivity contribution is -0.0531. The van der Waals surface area contributed by atoms with Gasteiger partial charge in [0.2, 0.25) is 0 Å². The molecule has 17 heavy (non-hydrogen) atoms. The molecule has 0 aromatic carbocycles. The van der Waals surface area contributed by atoms with Gasteiger partial charge in [-0.3, -0.25) is 0 Å². The molecule has 0 bridgehead atoms. The van der Waals surface area contributed by atoms with Crippen molar-refractivity contribution in [2.45, 2.75) is 45.8 Å². The average Bonchev–Trinajstić information content (AvgIpc) is 2.70. The Hall–Kier alpha value is -0.480. The van der Waals surface area contributed by atoms with Gasteiger partial charge in [0.1, 0.15) is 5.82 Å².